The van der Waals surface area contributed by atoms with Gasteiger partial charge in [0.05, 0.1) is 27.5 Å². The van der Waals surface area contributed by atoms with E-state index in [0.717, 1.165) is 0 Å². The highest BCUT2D eigenvalue weighted by Crippen LogP contribution is 2.23. The van der Waals surface area contributed by atoms with E-state index in [1.807, 2.05) is 0 Å². The van der Waals surface area contributed by atoms with Crippen molar-refractivity contribution in [2.75, 3.05) is 5.32 Å². The first kappa shape index (κ1) is 14.5. The molecule has 2 aromatic carbocycles. The predicted octanol–water partition coefficient (Wildman–Crippen LogP) is 4.59. The number of aromatic nitrogens is 1. The molecule has 0 aliphatic carbocycles. The van der Waals surface area contributed by atoms with E-state index in [9.17, 15) is 9.18 Å². The highest BCUT2D eigenvalue weighted by molar-refractivity contribution is 6.33. The number of benzene rings is 2. The number of hydrogen-bond acceptors (Lipinski definition) is 2. The van der Waals surface area contributed by atoms with Gasteiger partial charge < -0.3 is 5.32 Å². The number of fused-ring (bicyclic) bond motifs is 1. The smallest absolute Gasteiger partial charge is 0.257 e. The number of aryl methyl sites for hydroxylation is 1. The van der Waals surface area contributed by atoms with E-state index in [1.54, 1.807) is 43.3 Å². The van der Waals surface area contributed by atoms with Crippen LogP contribution in [0.4, 0.5) is 10.1 Å². The van der Waals surface area contributed by atoms with Crippen molar-refractivity contribution in [3.8, 4) is 0 Å². The van der Waals surface area contributed by atoms with E-state index in [-0.39, 0.29) is 11.7 Å². The Bertz CT molecular complexity index is 880. The fourth-order valence-corrected chi connectivity index (χ4v) is 2.41. The molecule has 1 N–H and O–H groups in total. The van der Waals surface area contributed by atoms with Crippen molar-refractivity contribution in [2.45, 2.75) is 6.92 Å². The van der Waals surface area contributed by atoms with Crippen molar-refractivity contribution in [2.24, 2.45) is 0 Å². The van der Waals surface area contributed by atoms with Crippen LogP contribution in [0.1, 0.15) is 16.1 Å². The van der Waals surface area contributed by atoms with Gasteiger partial charge in [-0.05, 0) is 43.3 Å². The van der Waals surface area contributed by atoms with Crippen molar-refractivity contribution < 1.29 is 9.18 Å². The molecule has 0 aliphatic heterocycles. The lowest BCUT2D eigenvalue weighted by Gasteiger charge is -2.10. The maximum atomic E-state index is 13.3. The Morgan fingerprint density at radius 2 is 1.95 bits per heavy atom. The minimum absolute atomic E-state index is 0.329. The Kier molecular flexibility index (Phi) is 3.77. The molecule has 3 aromatic rings. The summed E-state index contributed by atoms with van der Waals surface area (Å²) in [5.41, 5.74) is 2.13. The molecule has 0 spiro atoms. The number of halogens is 2. The number of hydrogen-bond donors (Lipinski definition) is 1. The third-order valence-electron chi connectivity index (χ3n) is 3.33. The number of pyridine rings is 1. The highest BCUT2D eigenvalue weighted by atomic mass is 35.5. The molecule has 1 aromatic heterocycles. The predicted molar refractivity (Wildman–Crippen MR) is 85.8 cm³/mol. The number of carbonyl (C=O) groups excluding carboxylic acids is 1. The zero-order valence-electron chi connectivity index (χ0n) is 11.7. The van der Waals surface area contributed by atoms with Crippen molar-refractivity contribution in [1.29, 1.82) is 0 Å². The van der Waals surface area contributed by atoms with Crippen LogP contribution in [-0.2, 0) is 0 Å². The van der Waals surface area contributed by atoms with E-state index in [1.165, 1.54) is 12.1 Å². The molecule has 3 rings (SSSR count). The zero-order chi connectivity index (χ0) is 15.7. The second kappa shape index (κ2) is 5.73. The quantitative estimate of drug-likeness (QED) is 0.751. The standard InChI is InChI=1S/C17H12ClFN2O/c1-10-13(9-11-8-12(19)6-7-15(11)20-10)17(22)21-16-5-3-2-4-14(16)18/h2-9H,1H3,(H,21,22). The average Bonchev–Trinajstić information content (AvgIpc) is 2.49. The molecule has 0 aliphatic rings. The van der Waals surface area contributed by atoms with Gasteiger partial charge in [-0.2, -0.15) is 0 Å². The van der Waals surface area contributed by atoms with Crippen molar-refractivity contribution in [3.63, 3.8) is 0 Å². The first-order valence-corrected chi connectivity index (χ1v) is 7.05. The number of nitrogens with one attached hydrogen (secondary N) is 1. The molecule has 0 atom stereocenters. The molecule has 0 fully saturated rings. The topological polar surface area (TPSA) is 42.0 Å². The van der Waals surface area contributed by atoms with Crippen LogP contribution in [0.15, 0.2) is 48.5 Å². The summed E-state index contributed by atoms with van der Waals surface area (Å²) in [6.07, 6.45) is 0. The van der Waals surface area contributed by atoms with Crippen LogP contribution in [0.2, 0.25) is 5.02 Å². The Labute approximate surface area is 131 Å². The Morgan fingerprint density at radius 1 is 1.18 bits per heavy atom. The normalized spacial score (nSPS) is 10.7. The van der Waals surface area contributed by atoms with Gasteiger partial charge in [-0.15, -0.1) is 0 Å². The molecule has 1 heterocycles. The molecule has 0 bridgehead atoms. The van der Waals surface area contributed by atoms with E-state index < -0.39 is 0 Å². The van der Waals surface area contributed by atoms with E-state index >= 15 is 0 Å². The molecular formula is C17H12ClFN2O. The monoisotopic (exact) mass is 314 g/mol. The zero-order valence-corrected chi connectivity index (χ0v) is 12.5. The van der Waals surface area contributed by atoms with Crippen LogP contribution in [0.5, 0.6) is 0 Å². The van der Waals surface area contributed by atoms with Gasteiger partial charge in [0, 0.05) is 5.39 Å². The van der Waals surface area contributed by atoms with Crippen molar-refractivity contribution >= 4 is 34.1 Å². The second-order valence-electron chi connectivity index (χ2n) is 4.89. The summed E-state index contributed by atoms with van der Waals surface area (Å²) in [6, 6.07) is 12.9. The molecule has 0 saturated heterocycles. The molecule has 22 heavy (non-hydrogen) atoms. The molecule has 0 unspecified atom stereocenters. The van der Waals surface area contributed by atoms with Crippen LogP contribution in [0, 0.1) is 12.7 Å². The number of para-hydroxylation sites is 1. The van der Waals surface area contributed by atoms with Crippen LogP contribution in [-0.4, -0.2) is 10.9 Å². The first-order valence-electron chi connectivity index (χ1n) is 6.67. The first-order chi connectivity index (χ1) is 10.5. The van der Waals surface area contributed by atoms with E-state index in [0.29, 0.717) is 32.9 Å². The van der Waals surface area contributed by atoms with Crippen LogP contribution in [0.3, 0.4) is 0 Å². The average molecular weight is 315 g/mol. The minimum Gasteiger partial charge on any atom is -0.321 e. The van der Waals surface area contributed by atoms with Crippen LogP contribution in [0.25, 0.3) is 10.9 Å². The van der Waals surface area contributed by atoms with Crippen LogP contribution >= 0.6 is 11.6 Å². The second-order valence-corrected chi connectivity index (χ2v) is 5.30. The number of anilines is 1. The van der Waals surface area contributed by atoms with Crippen molar-refractivity contribution in [3.05, 3.63) is 70.6 Å². The van der Waals surface area contributed by atoms with E-state index in [2.05, 4.69) is 10.3 Å². The maximum absolute atomic E-state index is 13.3. The third kappa shape index (κ3) is 2.78. The summed E-state index contributed by atoms with van der Waals surface area (Å²) in [7, 11) is 0. The number of carbonyl (C=O) groups is 1. The van der Waals surface area contributed by atoms with E-state index in [4.69, 9.17) is 11.6 Å². The SMILES string of the molecule is Cc1nc2ccc(F)cc2cc1C(=O)Nc1ccccc1Cl. The number of rotatable bonds is 2. The lowest BCUT2D eigenvalue weighted by atomic mass is 10.1. The maximum Gasteiger partial charge on any atom is 0.257 e. The van der Waals surface area contributed by atoms with Gasteiger partial charge in [0.1, 0.15) is 5.82 Å². The lowest BCUT2D eigenvalue weighted by molar-refractivity contribution is 0.102. The number of amides is 1. The fraction of sp³-hybridized carbons (Fsp3) is 0.0588. The van der Waals surface area contributed by atoms with Gasteiger partial charge in [-0.25, -0.2) is 4.39 Å². The van der Waals surface area contributed by atoms with Gasteiger partial charge in [0.25, 0.3) is 5.91 Å². The summed E-state index contributed by atoms with van der Waals surface area (Å²) in [4.78, 5) is 16.8. The summed E-state index contributed by atoms with van der Waals surface area (Å²) in [6.45, 7) is 1.74. The number of nitrogens with zero attached hydrogens (tertiary/aromatic N) is 1. The Hall–Kier alpha value is -2.46. The van der Waals surface area contributed by atoms with Gasteiger partial charge in [0.2, 0.25) is 0 Å². The molecule has 1 amide bonds. The molecule has 3 nitrogen and oxygen atoms in total. The summed E-state index contributed by atoms with van der Waals surface area (Å²) < 4.78 is 13.3. The lowest BCUT2D eigenvalue weighted by Crippen LogP contribution is -2.14. The van der Waals surface area contributed by atoms with Gasteiger partial charge in [-0.3, -0.25) is 9.78 Å². The summed E-state index contributed by atoms with van der Waals surface area (Å²) in [5.74, 6) is -0.695. The Morgan fingerprint density at radius 3 is 2.73 bits per heavy atom. The molecule has 0 saturated carbocycles. The summed E-state index contributed by atoms with van der Waals surface area (Å²) >= 11 is 6.03. The minimum atomic E-state index is -0.365. The highest BCUT2D eigenvalue weighted by Gasteiger charge is 2.13. The van der Waals surface area contributed by atoms with Crippen LogP contribution < -0.4 is 5.32 Å². The van der Waals surface area contributed by atoms with Crippen molar-refractivity contribution in [1.82, 2.24) is 4.98 Å². The third-order valence-corrected chi connectivity index (χ3v) is 3.66. The Balaban J connectivity index is 2.00. The molecule has 110 valence electrons. The van der Waals surface area contributed by atoms with Gasteiger partial charge >= 0.3 is 0 Å². The molecule has 0 radical (unpaired) electrons. The fourth-order valence-electron chi connectivity index (χ4n) is 2.23. The largest absolute Gasteiger partial charge is 0.321 e. The molecule has 5 heteroatoms. The van der Waals surface area contributed by atoms with Gasteiger partial charge in [-0.1, -0.05) is 23.7 Å². The molecular weight excluding hydrogens is 303 g/mol. The summed E-state index contributed by atoms with van der Waals surface area (Å²) in [5, 5.41) is 3.77. The van der Waals surface area contributed by atoms with Gasteiger partial charge in [0.15, 0.2) is 0 Å².